The summed E-state index contributed by atoms with van der Waals surface area (Å²) in [5.41, 5.74) is 1.44. The number of nitro benzene ring substituents is 1. The van der Waals surface area contributed by atoms with Gasteiger partial charge < -0.3 is 14.1 Å². The first-order chi connectivity index (χ1) is 9.75. The van der Waals surface area contributed by atoms with Gasteiger partial charge in [0.15, 0.2) is 0 Å². The number of morpholine rings is 1. The number of nitrogens with zero attached hydrogens (tertiary/aromatic N) is 2. The smallest absolute Gasteiger partial charge is 0.293 e. The summed E-state index contributed by atoms with van der Waals surface area (Å²) in [4.78, 5) is 12.9. The number of ether oxygens (including phenoxy) is 1. The van der Waals surface area contributed by atoms with Crippen molar-refractivity contribution < 1.29 is 14.1 Å². The van der Waals surface area contributed by atoms with Gasteiger partial charge >= 0.3 is 0 Å². The van der Waals surface area contributed by atoms with Crippen molar-refractivity contribution in [1.29, 1.82) is 0 Å². The molecule has 0 aliphatic carbocycles. The molecule has 0 spiro atoms. The molecule has 0 atom stereocenters. The van der Waals surface area contributed by atoms with Gasteiger partial charge in [-0.05, 0) is 24.3 Å². The summed E-state index contributed by atoms with van der Waals surface area (Å²) in [6.07, 6.45) is 1.55. The molecular formula is C14H14N2O4. The van der Waals surface area contributed by atoms with Crippen LogP contribution in [0.1, 0.15) is 0 Å². The molecular weight excluding hydrogens is 260 g/mol. The van der Waals surface area contributed by atoms with Gasteiger partial charge in [0, 0.05) is 24.7 Å². The molecule has 6 nitrogen and oxygen atoms in total. The van der Waals surface area contributed by atoms with Gasteiger partial charge in [-0.1, -0.05) is 0 Å². The highest BCUT2D eigenvalue weighted by Gasteiger charge is 2.22. The molecule has 2 aromatic rings. The van der Waals surface area contributed by atoms with Crippen LogP contribution in [0.5, 0.6) is 0 Å². The molecule has 1 aliphatic rings. The van der Waals surface area contributed by atoms with Gasteiger partial charge in [-0.25, -0.2) is 0 Å². The second kappa shape index (κ2) is 5.34. The Bertz CT molecular complexity index is 604. The fraction of sp³-hybridized carbons (Fsp3) is 0.286. The third kappa shape index (κ3) is 2.37. The van der Waals surface area contributed by atoms with E-state index in [0.29, 0.717) is 43.3 Å². The van der Waals surface area contributed by atoms with Gasteiger partial charge in [0.25, 0.3) is 5.69 Å². The minimum absolute atomic E-state index is 0.0980. The molecule has 0 saturated carbocycles. The predicted octanol–water partition coefficient (Wildman–Crippen LogP) is 2.69. The molecule has 3 rings (SSSR count). The minimum atomic E-state index is -0.350. The number of hydrogen-bond acceptors (Lipinski definition) is 5. The van der Waals surface area contributed by atoms with E-state index in [9.17, 15) is 10.1 Å². The summed E-state index contributed by atoms with van der Waals surface area (Å²) in [7, 11) is 0. The van der Waals surface area contributed by atoms with Crippen molar-refractivity contribution in [1.82, 2.24) is 0 Å². The van der Waals surface area contributed by atoms with Crippen LogP contribution in [0.25, 0.3) is 11.3 Å². The third-order valence-corrected chi connectivity index (χ3v) is 3.33. The van der Waals surface area contributed by atoms with Crippen LogP contribution in [-0.2, 0) is 4.74 Å². The van der Waals surface area contributed by atoms with Crippen LogP contribution in [-0.4, -0.2) is 31.2 Å². The Balaban J connectivity index is 2.00. The van der Waals surface area contributed by atoms with Crippen LogP contribution in [0.4, 0.5) is 11.4 Å². The van der Waals surface area contributed by atoms with E-state index in [1.807, 2.05) is 11.0 Å². The Kier molecular flexibility index (Phi) is 3.39. The largest absolute Gasteiger partial charge is 0.464 e. The van der Waals surface area contributed by atoms with E-state index in [2.05, 4.69) is 0 Å². The van der Waals surface area contributed by atoms with Gasteiger partial charge in [0.2, 0.25) is 0 Å². The summed E-state index contributed by atoms with van der Waals surface area (Å²) >= 11 is 0. The molecule has 1 fully saturated rings. The van der Waals surface area contributed by atoms with Gasteiger partial charge in [0.1, 0.15) is 11.4 Å². The molecule has 0 amide bonds. The Morgan fingerprint density at radius 3 is 2.65 bits per heavy atom. The molecule has 1 aromatic carbocycles. The van der Waals surface area contributed by atoms with E-state index in [1.54, 1.807) is 30.5 Å². The molecule has 6 heteroatoms. The maximum Gasteiger partial charge on any atom is 0.293 e. The molecule has 0 unspecified atom stereocenters. The number of benzene rings is 1. The Labute approximate surface area is 115 Å². The van der Waals surface area contributed by atoms with Crippen LogP contribution in [0.15, 0.2) is 41.0 Å². The zero-order chi connectivity index (χ0) is 13.9. The minimum Gasteiger partial charge on any atom is -0.464 e. The zero-order valence-electron chi connectivity index (χ0n) is 10.8. The topological polar surface area (TPSA) is 68.8 Å². The second-order valence-corrected chi connectivity index (χ2v) is 4.54. The lowest BCUT2D eigenvalue weighted by Gasteiger charge is -2.28. The predicted molar refractivity (Wildman–Crippen MR) is 73.8 cm³/mol. The van der Waals surface area contributed by atoms with Gasteiger partial charge in [0.05, 0.1) is 24.4 Å². The van der Waals surface area contributed by atoms with E-state index in [1.165, 1.54) is 0 Å². The average molecular weight is 274 g/mol. The van der Waals surface area contributed by atoms with Crippen LogP contribution >= 0.6 is 0 Å². The zero-order valence-corrected chi connectivity index (χ0v) is 10.8. The van der Waals surface area contributed by atoms with Crippen LogP contribution in [0, 0.1) is 10.1 Å². The molecule has 104 valence electrons. The van der Waals surface area contributed by atoms with Gasteiger partial charge in [-0.3, -0.25) is 10.1 Å². The van der Waals surface area contributed by atoms with Crippen molar-refractivity contribution in [3.63, 3.8) is 0 Å². The number of furan rings is 1. The number of rotatable bonds is 3. The molecule has 0 radical (unpaired) electrons. The van der Waals surface area contributed by atoms with Crippen LogP contribution < -0.4 is 4.90 Å². The van der Waals surface area contributed by atoms with Crippen molar-refractivity contribution in [3.05, 3.63) is 46.7 Å². The van der Waals surface area contributed by atoms with E-state index in [4.69, 9.17) is 9.15 Å². The molecule has 1 aromatic heterocycles. The summed E-state index contributed by atoms with van der Waals surface area (Å²) < 4.78 is 10.6. The molecule has 1 aliphatic heterocycles. The van der Waals surface area contributed by atoms with Crippen LogP contribution in [0.3, 0.4) is 0 Å². The summed E-state index contributed by atoms with van der Waals surface area (Å²) in [6.45, 7) is 2.52. The quantitative estimate of drug-likeness (QED) is 0.635. The fourth-order valence-electron chi connectivity index (χ4n) is 2.34. The van der Waals surface area contributed by atoms with Crippen molar-refractivity contribution in [2.75, 3.05) is 31.2 Å². The average Bonchev–Trinajstić information content (AvgIpc) is 3.02. The standard InChI is InChI=1S/C14H14N2O4/c17-16(18)13-10-11(14-2-1-7-20-14)3-4-12(13)15-5-8-19-9-6-15/h1-4,7,10H,5-6,8-9H2. The van der Waals surface area contributed by atoms with Crippen molar-refractivity contribution in [3.8, 4) is 11.3 Å². The number of anilines is 1. The fourth-order valence-corrected chi connectivity index (χ4v) is 2.34. The van der Waals surface area contributed by atoms with Crippen molar-refractivity contribution in [2.24, 2.45) is 0 Å². The first kappa shape index (κ1) is 12.7. The first-order valence-corrected chi connectivity index (χ1v) is 6.41. The van der Waals surface area contributed by atoms with Gasteiger partial charge in [-0.15, -0.1) is 0 Å². The summed E-state index contributed by atoms with van der Waals surface area (Å²) in [5.74, 6) is 0.627. The first-order valence-electron chi connectivity index (χ1n) is 6.41. The number of hydrogen-bond donors (Lipinski definition) is 0. The highest BCUT2D eigenvalue weighted by Crippen LogP contribution is 2.33. The monoisotopic (exact) mass is 274 g/mol. The lowest BCUT2D eigenvalue weighted by atomic mass is 10.1. The maximum absolute atomic E-state index is 11.3. The van der Waals surface area contributed by atoms with Crippen LogP contribution in [0.2, 0.25) is 0 Å². The molecule has 0 N–H and O–H groups in total. The highest BCUT2D eigenvalue weighted by atomic mass is 16.6. The summed E-state index contributed by atoms with van der Waals surface area (Å²) in [6, 6.07) is 8.73. The maximum atomic E-state index is 11.3. The van der Waals surface area contributed by atoms with Crippen molar-refractivity contribution in [2.45, 2.75) is 0 Å². The van der Waals surface area contributed by atoms with E-state index < -0.39 is 0 Å². The lowest BCUT2D eigenvalue weighted by molar-refractivity contribution is -0.384. The van der Waals surface area contributed by atoms with E-state index >= 15 is 0 Å². The summed E-state index contributed by atoms with van der Waals surface area (Å²) in [5, 5.41) is 11.3. The molecule has 0 bridgehead atoms. The highest BCUT2D eigenvalue weighted by molar-refractivity contribution is 5.72. The normalized spacial score (nSPS) is 15.3. The van der Waals surface area contributed by atoms with Crippen molar-refractivity contribution >= 4 is 11.4 Å². The molecule has 2 heterocycles. The SMILES string of the molecule is O=[N+]([O-])c1cc(-c2ccco2)ccc1N1CCOCC1. The second-order valence-electron chi connectivity index (χ2n) is 4.54. The third-order valence-electron chi connectivity index (χ3n) is 3.33. The Morgan fingerprint density at radius 2 is 2.00 bits per heavy atom. The molecule has 1 saturated heterocycles. The van der Waals surface area contributed by atoms with E-state index in [-0.39, 0.29) is 10.6 Å². The molecule has 20 heavy (non-hydrogen) atoms. The Morgan fingerprint density at radius 1 is 1.20 bits per heavy atom. The Hall–Kier alpha value is -2.34. The van der Waals surface area contributed by atoms with Gasteiger partial charge in [-0.2, -0.15) is 0 Å². The number of nitro groups is 1. The lowest BCUT2D eigenvalue weighted by Crippen LogP contribution is -2.36. The van der Waals surface area contributed by atoms with E-state index in [0.717, 1.165) is 0 Å².